The largest absolute Gasteiger partial charge is 0.454 e. The molecule has 2 aliphatic heterocycles. The fraction of sp³-hybridized carbons (Fsp3) is 0.235. The number of thioether (sulfide) groups is 1. The van der Waals surface area contributed by atoms with E-state index < -0.39 is 9.84 Å². The standard InChI is InChI=1S/C17H15NO5S2/c1-25(20,21)13-5-2-11(3-6-13)17-18(16(19)9-24-17)12-4-7-14-15(8-12)23-10-22-14/h2-8,17H,9-10H2,1H3. The number of anilines is 1. The van der Waals surface area contributed by atoms with Gasteiger partial charge in [0.1, 0.15) is 5.37 Å². The van der Waals surface area contributed by atoms with E-state index in [1.807, 2.05) is 6.07 Å². The number of sulfone groups is 1. The number of ether oxygens (including phenoxy) is 2. The van der Waals surface area contributed by atoms with Gasteiger partial charge in [-0.15, -0.1) is 11.8 Å². The lowest BCUT2D eigenvalue weighted by molar-refractivity contribution is -0.115. The molecule has 2 heterocycles. The van der Waals surface area contributed by atoms with Gasteiger partial charge in [0.05, 0.1) is 10.6 Å². The Labute approximate surface area is 149 Å². The van der Waals surface area contributed by atoms with E-state index in [1.165, 1.54) is 18.0 Å². The summed E-state index contributed by atoms with van der Waals surface area (Å²) in [7, 11) is -3.24. The van der Waals surface area contributed by atoms with Gasteiger partial charge in [0, 0.05) is 18.0 Å². The zero-order valence-electron chi connectivity index (χ0n) is 13.3. The van der Waals surface area contributed by atoms with E-state index in [4.69, 9.17) is 9.47 Å². The zero-order valence-corrected chi connectivity index (χ0v) is 15.0. The van der Waals surface area contributed by atoms with E-state index in [0.29, 0.717) is 17.3 Å². The Bertz CT molecular complexity index is 940. The molecule has 25 heavy (non-hydrogen) atoms. The minimum absolute atomic E-state index is 0.000977. The lowest BCUT2D eigenvalue weighted by Crippen LogP contribution is -2.27. The van der Waals surface area contributed by atoms with Crippen LogP contribution in [0.2, 0.25) is 0 Å². The maximum Gasteiger partial charge on any atom is 0.238 e. The molecule has 0 radical (unpaired) electrons. The Balaban J connectivity index is 1.68. The van der Waals surface area contributed by atoms with Gasteiger partial charge >= 0.3 is 0 Å². The van der Waals surface area contributed by atoms with Crippen molar-refractivity contribution in [3.05, 3.63) is 48.0 Å². The second kappa shape index (κ2) is 5.96. The molecule has 2 aromatic rings. The molecule has 1 saturated heterocycles. The second-order valence-corrected chi connectivity index (χ2v) is 8.89. The van der Waals surface area contributed by atoms with E-state index in [1.54, 1.807) is 41.3 Å². The molecule has 2 aromatic carbocycles. The summed E-state index contributed by atoms with van der Waals surface area (Å²) in [6.07, 6.45) is 1.18. The number of amides is 1. The van der Waals surface area contributed by atoms with Crippen LogP contribution < -0.4 is 14.4 Å². The molecule has 0 N–H and O–H groups in total. The van der Waals surface area contributed by atoms with Gasteiger partial charge < -0.3 is 9.47 Å². The highest BCUT2D eigenvalue weighted by Gasteiger charge is 2.35. The molecule has 0 spiro atoms. The predicted molar refractivity (Wildman–Crippen MR) is 94.8 cm³/mol. The summed E-state index contributed by atoms with van der Waals surface area (Å²) in [5, 5.41) is -0.207. The molecule has 1 unspecified atom stereocenters. The third-order valence-electron chi connectivity index (χ3n) is 4.10. The summed E-state index contributed by atoms with van der Waals surface area (Å²) in [6.45, 7) is 0.178. The number of carbonyl (C=O) groups is 1. The first-order valence-corrected chi connectivity index (χ1v) is 10.5. The number of carbonyl (C=O) groups excluding carboxylic acids is 1. The fourth-order valence-corrected chi connectivity index (χ4v) is 4.67. The first-order chi connectivity index (χ1) is 11.9. The van der Waals surface area contributed by atoms with E-state index in [9.17, 15) is 13.2 Å². The molecule has 4 rings (SSSR count). The van der Waals surface area contributed by atoms with Crippen LogP contribution in [0.5, 0.6) is 11.5 Å². The quantitative estimate of drug-likeness (QED) is 0.819. The fourth-order valence-electron chi connectivity index (χ4n) is 2.86. The monoisotopic (exact) mass is 377 g/mol. The minimum atomic E-state index is -3.24. The Hall–Kier alpha value is -2.19. The molecule has 130 valence electrons. The van der Waals surface area contributed by atoms with Crippen molar-refractivity contribution in [2.75, 3.05) is 23.7 Å². The summed E-state index contributed by atoms with van der Waals surface area (Å²) in [5.74, 6) is 1.65. The van der Waals surface area contributed by atoms with Crippen molar-refractivity contribution in [1.82, 2.24) is 0 Å². The second-order valence-electron chi connectivity index (χ2n) is 5.81. The Morgan fingerprint density at radius 2 is 1.80 bits per heavy atom. The molecule has 2 aliphatic rings. The van der Waals surface area contributed by atoms with Crippen LogP contribution in [0.1, 0.15) is 10.9 Å². The summed E-state index contributed by atoms with van der Waals surface area (Å²) in [6, 6.07) is 12.1. The molecular weight excluding hydrogens is 362 g/mol. The van der Waals surface area contributed by atoms with Gasteiger partial charge in [-0.3, -0.25) is 9.69 Å². The molecule has 1 amide bonds. The van der Waals surface area contributed by atoms with Crippen molar-refractivity contribution in [3.8, 4) is 11.5 Å². The topological polar surface area (TPSA) is 72.9 Å². The molecule has 0 aliphatic carbocycles. The Kier molecular flexibility index (Phi) is 3.88. The summed E-state index contributed by atoms with van der Waals surface area (Å²) in [5.41, 5.74) is 1.61. The van der Waals surface area contributed by atoms with Crippen molar-refractivity contribution in [1.29, 1.82) is 0 Å². The number of benzene rings is 2. The van der Waals surface area contributed by atoms with Crippen LogP contribution in [-0.2, 0) is 14.6 Å². The van der Waals surface area contributed by atoms with Crippen LogP contribution in [0.3, 0.4) is 0 Å². The molecule has 8 heteroatoms. The van der Waals surface area contributed by atoms with Crippen LogP contribution >= 0.6 is 11.8 Å². The normalized spacial score (nSPS) is 19.5. The summed E-state index contributed by atoms with van der Waals surface area (Å²) < 4.78 is 33.9. The minimum Gasteiger partial charge on any atom is -0.454 e. The van der Waals surface area contributed by atoms with Gasteiger partial charge in [-0.1, -0.05) is 12.1 Å². The van der Waals surface area contributed by atoms with Crippen LogP contribution in [0.4, 0.5) is 5.69 Å². The van der Waals surface area contributed by atoms with Crippen molar-refractivity contribution in [2.24, 2.45) is 0 Å². The highest BCUT2D eigenvalue weighted by Crippen LogP contribution is 2.44. The third-order valence-corrected chi connectivity index (χ3v) is 6.44. The van der Waals surface area contributed by atoms with Gasteiger partial charge in [-0.05, 0) is 29.8 Å². The molecule has 1 fully saturated rings. The number of nitrogens with zero attached hydrogens (tertiary/aromatic N) is 1. The number of fused-ring (bicyclic) bond motifs is 1. The van der Waals surface area contributed by atoms with Crippen molar-refractivity contribution in [3.63, 3.8) is 0 Å². The highest BCUT2D eigenvalue weighted by atomic mass is 32.2. The molecule has 6 nitrogen and oxygen atoms in total. The molecule has 0 aromatic heterocycles. The molecule has 0 saturated carbocycles. The SMILES string of the molecule is CS(=O)(=O)c1ccc(C2SCC(=O)N2c2ccc3c(c2)OCO3)cc1. The van der Waals surface area contributed by atoms with E-state index >= 15 is 0 Å². The van der Waals surface area contributed by atoms with Gasteiger partial charge in [0.15, 0.2) is 21.3 Å². The van der Waals surface area contributed by atoms with E-state index in [0.717, 1.165) is 11.3 Å². The average molecular weight is 377 g/mol. The summed E-state index contributed by atoms with van der Waals surface area (Å²) in [4.78, 5) is 14.4. The van der Waals surface area contributed by atoms with Gasteiger partial charge in [-0.25, -0.2) is 8.42 Å². The van der Waals surface area contributed by atoms with E-state index in [-0.39, 0.29) is 23.0 Å². The van der Waals surface area contributed by atoms with Crippen molar-refractivity contribution < 1.29 is 22.7 Å². The van der Waals surface area contributed by atoms with E-state index in [2.05, 4.69) is 0 Å². The van der Waals surface area contributed by atoms with Crippen LogP contribution in [0, 0.1) is 0 Å². The molecule has 1 atom stereocenters. The number of hydrogen-bond acceptors (Lipinski definition) is 6. The number of hydrogen-bond donors (Lipinski definition) is 0. The van der Waals surface area contributed by atoms with Gasteiger partial charge in [0.2, 0.25) is 12.7 Å². The van der Waals surface area contributed by atoms with Crippen molar-refractivity contribution >= 4 is 33.2 Å². The maximum absolute atomic E-state index is 12.4. The lowest BCUT2D eigenvalue weighted by atomic mass is 10.2. The van der Waals surface area contributed by atoms with Gasteiger partial charge in [-0.2, -0.15) is 0 Å². The predicted octanol–water partition coefficient (Wildman–Crippen LogP) is 2.60. The first-order valence-electron chi connectivity index (χ1n) is 7.57. The average Bonchev–Trinajstić information content (AvgIpc) is 3.19. The Morgan fingerprint density at radius 3 is 2.52 bits per heavy atom. The highest BCUT2D eigenvalue weighted by molar-refractivity contribution is 8.00. The van der Waals surface area contributed by atoms with Crippen LogP contribution in [0.25, 0.3) is 0 Å². The molecular formula is C17H15NO5S2. The maximum atomic E-state index is 12.4. The zero-order chi connectivity index (χ0) is 17.6. The first kappa shape index (κ1) is 16.3. The Morgan fingerprint density at radius 1 is 1.08 bits per heavy atom. The van der Waals surface area contributed by atoms with Crippen molar-refractivity contribution in [2.45, 2.75) is 10.3 Å². The third kappa shape index (κ3) is 2.96. The number of rotatable bonds is 3. The van der Waals surface area contributed by atoms with Gasteiger partial charge in [0.25, 0.3) is 0 Å². The van der Waals surface area contributed by atoms with Crippen LogP contribution in [-0.4, -0.2) is 33.1 Å². The van der Waals surface area contributed by atoms with Crippen LogP contribution in [0.15, 0.2) is 47.4 Å². The smallest absolute Gasteiger partial charge is 0.238 e. The molecule has 0 bridgehead atoms. The summed E-state index contributed by atoms with van der Waals surface area (Å²) >= 11 is 1.51. The lowest BCUT2D eigenvalue weighted by Gasteiger charge is -2.24.